The van der Waals surface area contributed by atoms with Crippen LogP contribution in [0.3, 0.4) is 0 Å². The summed E-state index contributed by atoms with van der Waals surface area (Å²) in [6.07, 6.45) is 1.93. The van der Waals surface area contributed by atoms with Gasteiger partial charge in [0.2, 0.25) is 0 Å². The SMILES string of the molecule is CN(CCC#N)c1ccc(/C=N/NC(=O)c2ccc(O)cc2O)cc1. The van der Waals surface area contributed by atoms with Crippen molar-refractivity contribution in [3.63, 3.8) is 0 Å². The van der Waals surface area contributed by atoms with E-state index >= 15 is 0 Å². The molecule has 128 valence electrons. The van der Waals surface area contributed by atoms with E-state index < -0.39 is 5.91 Å². The molecule has 0 fully saturated rings. The fourth-order valence-corrected chi connectivity index (χ4v) is 2.10. The van der Waals surface area contributed by atoms with Crippen molar-refractivity contribution in [1.29, 1.82) is 5.26 Å². The van der Waals surface area contributed by atoms with Crippen molar-refractivity contribution in [2.75, 3.05) is 18.5 Å². The van der Waals surface area contributed by atoms with Crippen LogP contribution in [0, 0.1) is 11.3 Å². The van der Waals surface area contributed by atoms with Crippen molar-refractivity contribution in [3.05, 3.63) is 53.6 Å². The summed E-state index contributed by atoms with van der Waals surface area (Å²) >= 11 is 0. The van der Waals surface area contributed by atoms with Gasteiger partial charge >= 0.3 is 0 Å². The predicted molar refractivity (Wildman–Crippen MR) is 94.8 cm³/mol. The highest BCUT2D eigenvalue weighted by Crippen LogP contribution is 2.22. The maximum atomic E-state index is 11.9. The van der Waals surface area contributed by atoms with Gasteiger partial charge in [0.25, 0.3) is 5.91 Å². The number of rotatable bonds is 6. The average molecular weight is 338 g/mol. The Morgan fingerprint density at radius 2 is 2.00 bits per heavy atom. The van der Waals surface area contributed by atoms with E-state index in [0.29, 0.717) is 13.0 Å². The third-order valence-corrected chi connectivity index (χ3v) is 3.50. The zero-order valence-corrected chi connectivity index (χ0v) is 13.7. The number of amides is 1. The number of phenolic OH excluding ortho intramolecular Hbond substituents is 2. The summed E-state index contributed by atoms with van der Waals surface area (Å²) in [5, 5.41) is 31.3. The average Bonchev–Trinajstić information content (AvgIpc) is 2.60. The molecule has 7 heteroatoms. The number of hydrogen-bond acceptors (Lipinski definition) is 6. The minimum Gasteiger partial charge on any atom is -0.508 e. The highest BCUT2D eigenvalue weighted by Gasteiger charge is 2.10. The summed E-state index contributed by atoms with van der Waals surface area (Å²) in [6, 6.07) is 13.3. The van der Waals surface area contributed by atoms with Crippen molar-refractivity contribution >= 4 is 17.8 Å². The number of nitriles is 1. The largest absolute Gasteiger partial charge is 0.508 e. The Labute approximate surface area is 145 Å². The van der Waals surface area contributed by atoms with E-state index in [9.17, 15) is 15.0 Å². The third-order valence-electron chi connectivity index (χ3n) is 3.50. The second-order valence-corrected chi connectivity index (χ2v) is 5.32. The first-order valence-electron chi connectivity index (χ1n) is 7.55. The summed E-state index contributed by atoms with van der Waals surface area (Å²) in [7, 11) is 1.91. The number of benzene rings is 2. The number of hydrogen-bond donors (Lipinski definition) is 3. The minimum atomic E-state index is -0.582. The maximum absolute atomic E-state index is 11.9. The normalized spacial score (nSPS) is 10.4. The van der Waals surface area contributed by atoms with Crippen molar-refractivity contribution in [2.45, 2.75) is 6.42 Å². The van der Waals surface area contributed by atoms with Crippen molar-refractivity contribution in [3.8, 4) is 17.6 Å². The quantitative estimate of drug-likeness (QED) is 0.553. The molecule has 7 nitrogen and oxygen atoms in total. The zero-order valence-electron chi connectivity index (χ0n) is 13.7. The minimum absolute atomic E-state index is 0.0180. The van der Waals surface area contributed by atoms with Gasteiger partial charge in [-0.1, -0.05) is 12.1 Å². The highest BCUT2D eigenvalue weighted by atomic mass is 16.3. The Morgan fingerprint density at radius 3 is 2.64 bits per heavy atom. The van der Waals surface area contributed by atoms with Crippen LogP contribution in [0.5, 0.6) is 11.5 Å². The van der Waals surface area contributed by atoms with Crippen molar-refractivity contribution in [1.82, 2.24) is 5.43 Å². The number of hydrazone groups is 1. The molecule has 2 rings (SSSR count). The number of carbonyl (C=O) groups is 1. The van der Waals surface area contributed by atoms with E-state index in [4.69, 9.17) is 5.26 Å². The first-order chi connectivity index (χ1) is 12.0. The van der Waals surface area contributed by atoms with E-state index in [2.05, 4.69) is 16.6 Å². The molecule has 2 aromatic carbocycles. The van der Waals surface area contributed by atoms with Gasteiger partial charge in [0.1, 0.15) is 11.5 Å². The van der Waals surface area contributed by atoms with Crippen LogP contribution in [-0.4, -0.2) is 35.9 Å². The Kier molecular flexibility index (Phi) is 5.96. The Bertz CT molecular complexity index is 810. The van der Waals surface area contributed by atoms with Gasteiger partial charge in [0.15, 0.2) is 0 Å². The summed E-state index contributed by atoms with van der Waals surface area (Å²) < 4.78 is 0. The Hall–Kier alpha value is -3.53. The molecule has 0 saturated carbocycles. The molecule has 0 aliphatic rings. The Morgan fingerprint density at radius 1 is 1.28 bits per heavy atom. The molecule has 0 atom stereocenters. The standard InChI is InChI=1S/C18H18N4O3/c1-22(10-2-9-19)14-5-3-13(4-6-14)12-20-21-18(25)16-8-7-15(23)11-17(16)24/h3-8,11-12,23-24H,2,10H2,1H3,(H,21,25)/b20-12+. The van der Waals surface area contributed by atoms with E-state index in [1.165, 1.54) is 18.3 Å². The molecule has 0 saturated heterocycles. The van der Waals surface area contributed by atoms with Gasteiger partial charge in [-0.25, -0.2) is 5.43 Å². The number of carbonyl (C=O) groups excluding carboxylic acids is 1. The van der Waals surface area contributed by atoms with Gasteiger partial charge in [-0.3, -0.25) is 4.79 Å². The lowest BCUT2D eigenvalue weighted by molar-refractivity contribution is 0.0952. The number of aromatic hydroxyl groups is 2. The van der Waals surface area contributed by atoms with Gasteiger partial charge in [-0.05, 0) is 29.8 Å². The van der Waals surface area contributed by atoms with Crippen LogP contribution in [-0.2, 0) is 0 Å². The molecule has 0 aliphatic carbocycles. The first kappa shape index (κ1) is 17.8. The van der Waals surface area contributed by atoms with Crippen molar-refractivity contribution in [2.24, 2.45) is 5.10 Å². The number of nitrogens with one attached hydrogen (secondary N) is 1. The fourth-order valence-electron chi connectivity index (χ4n) is 2.10. The Balaban J connectivity index is 1.95. The van der Waals surface area contributed by atoms with E-state index in [0.717, 1.165) is 17.3 Å². The molecule has 0 aliphatic heterocycles. The van der Waals surface area contributed by atoms with Gasteiger partial charge in [0.05, 0.1) is 24.3 Å². The lowest BCUT2D eigenvalue weighted by Gasteiger charge is -2.17. The number of anilines is 1. The van der Waals surface area contributed by atoms with E-state index in [1.54, 1.807) is 0 Å². The van der Waals surface area contributed by atoms with Crippen LogP contribution in [0.4, 0.5) is 5.69 Å². The second kappa shape index (κ2) is 8.36. The molecule has 3 N–H and O–H groups in total. The van der Waals surface area contributed by atoms with Gasteiger partial charge in [0, 0.05) is 25.3 Å². The van der Waals surface area contributed by atoms with Crippen LogP contribution in [0.1, 0.15) is 22.3 Å². The molecule has 1 amide bonds. The molecule has 25 heavy (non-hydrogen) atoms. The first-order valence-corrected chi connectivity index (χ1v) is 7.55. The fraction of sp³-hybridized carbons (Fsp3) is 0.167. The monoisotopic (exact) mass is 338 g/mol. The second-order valence-electron chi connectivity index (χ2n) is 5.32. The summed E-state index contributed by atoms with van der Waals surface area (Å²) in [5.41, 5.74) is 4.10. The molecule has 0 bridgehead atoms. The topological polar surface area (TPSA) is 109 Å². The molecule has 0 aromatic heterocycles. The lowest BCUT2D eigenvalue weighted by atomic mass is 10.2. The van der Waals surface area contributed by atoms with Gasteiger partial charge < -0.3 is 15.1 Å². The third kappa shape index (κ3) is 4.97. The number of phenols is 2. The molecule has 2 aromatic rings. The highest BCUT2D eigenvalue weighted by molar-refractivity contribution is 5.97. The molecule has 0 unspecified atom stereocenters. The van der Waals surface area contributed by atoms with Crippen LogP contribution in [0.15, 0.2) is 47.6 Å². The van der Waals surface area contributed by atoms with E-state index in [-0.39, 0.29) is 17.1 Å². The van der Waals surface area contributed by atoms with Crippen LogP contribution >= 0.6 is 0 Å². The van der Waals surface area contributed by atoms with Crippen LogP contribution in [0.25, 0.3) is 0 Å². The summed E-state index contributed by atoms with van der Waals surface area (Å²) in [4.78, 5) is 13.9. The van der Waals surface area contributed by atoms with Gasteiger partial charge in [-0.15, -0.1) is 0 Å². The van der Waals surface area contributed by atoms with Crippen LogP contribution < -0.4 is 10.3 Å². The van der Waals surface area contributed by atoms with Crippen LogP contribution in [0.2, 0.25) is 0 Å². The van der Waals surface area contributed by atoms with Crippen molar-refractivity contribution < 1.29 is 15.0 Å². The van der Waals surface area contributed by atoms with E-state index in [1.807, 2.05) is 36.2 Å². The molecular weight excluding hydrogens is 320 g/mol. The predicted octanol–water partition coefficient (Wildman–Crippen LogP) is 2.21. The molecular formula is C18H18N4O3. The molecule has 0 radical (unpaired) electrons. The zero-order chi connectivity index (χ0) is 18.2. The summed E-state index contributed by atoms with van der Waals surface area (Å²) in [6.45, 7) is 0.649. The smallest absolute Gasteiger partial charge is 0.275 e. The van der Waals surface area contributed by atoms with Gasteiger partial charge in [-0.2, -0.15) is 10.4 Å². The lowest BCUT2D eigenvalue weighted by Crippen LogP contribution is -2.18. The summed E-state index contributed by atoms with van der Waals surface area (Å²) in [5.74, 6) is -1.03. The molecule has 0 spiro atoms. The molecule has 0 heterocycles. The number of nitrogens with zero attached hydrogens (tertiary/aromatic N) is 3. The maximum Gasteiger partial charge on any atom is 0.275 e.